The number of nitrogens with one attached hydrogen (secondary N) is 4. The van der Waals surface area contributed by atoms with Gasteiger partial charge in [0.05, 0.1) is 11.6 Å². The summed E-state index contributed by atoms with van der Waals surface area (Å²) in [5.74, 6) is -1.53. The highest BCUT2D eigenvalue weighted by Crippen LogP contribution is 2.34. The molecule has 0 aliphatic carbocycles. The minimum atomic E-state index is -1.03. The molecule has 11 heteroatoms. The van der Waals surface area contributed by atoms with Crippen LogP contribution in [0.4, 0.5) is 4.39 Å². The molecule has 0 aromatic heterocycles. The number of para-hydroxylation sites is 1. The van der Waals surface area contributed by atoms with Gasteiger partial charge < -0.3 is 30.7 Å². The van der Waals surface area contributed by atoms with Crippen molar-refractivity contribution in [2.75, 3.05) is 32.9 Å². The summed E-state index contributed by atoms with van der Waals surface area (Å²) in [4.78, 5) is 52.2. The summed E-state index contributed by atoms with van der Waals surface area (Å²) in [7, 11) is 0. The van der Waals surface area contributed by atoms with Crippen molar-refractivity contribution in [1.82, 2.24) is 21.3 Å². The van der Waals surface area contributed by atoms with Gasteiger partial charge in [-0.25, -0.2) is 4.39 Å². The van der Waals surface area contributed by atoms with Gasteiger partial charge in [-0.1, -0.05) is 38.1 Å². The first-order chi connectivity index (χ1) is 20.7. The molecule has 2 aromatic rings. The zero-order chi connectivity index (χ0) is 30.8. The fourth-order valence-corrected chi connectivity index (χ4v) is 5.35. The monoisotopic (exact) mass is 596 g/mol. The molecule has 2 aliphatic heterocycles. The molecule has 0 unspecified atom stereocenters. The van der Waals surface area contributed by atoms with Gasteiger partial charge in [0.2, 0.25) is 17.7 Å². The van der Waals surface area contributed by atoms with Crippen LogP contribution in [0.15, 0.2) is 48.5 Å². The zero-order valence-corrected chi connectivity index (χ0v) is 24.7. The number of carbonyl (C=O) groups is 4. The van der Waals surface area contributed by atoms with E-state index in [9.17, 15) is 23.6 Å². The summed E-state index contributed by atoms with van der Waals surface area (Å²) in [6.07, 6.45) is 1.26. The smallest absolute Gasteiger partial charge is 0.255 e. The Morgan fingerprint density at radius 1 is 1.02 bits per heavy atom. The average molecular weight is 597 g/mol. The molecular formula is C32H41FN4O6. The van der Waals surface area contributed by atoms with Crippen molar-refractivity contribution in [3.05, 3.63) is 65.5 Å². The average Bonchev–Trinajstić information content (AvgIpc) is 3.00. The van der Waals surface area contributed by atoms with Gasteiger partial charge in [0.25, 0.3) is 5.91 Å². The number of fused-ring (bicyclic) bond motifs is 1. The van der Waals surface area contributed by atoms with Gasteiger partial charge in [0, 0.05) is 44.6 Å². The van der Waals surface area contributed by atoms with Crippen LogP contribution in [-0.4, -0.2) is 68.6 Å². The number of hydrogen-bond acceptors (Lipinski definition) is 6. The maximum Gasteiger partial charge on any atom is 0.255 e. The SMILES string of the molecule is CC(C)[C@@H]1COc2ccccc2C(=O)N[C@H](C(=O)NCC2(c3cccc(F)c3)CCOCC2)CCC(=O)NCCC(=O)N1. The number of halogens is 1. The number of rotatable bonds is 5. The van der Waals surface area contributed by atoms with Crippen LogP contribution >= 0.6 is 0 Å². The minimum Gasteiger partial charge on any atom is -0.491 e. The molecule has 2 heterocycles. The molecule has 2 aromatic carbocycles. The normalized spacial score (nSPS) is 21.9. The highest BCUT2D eigenvalue weighted by atomic mass is 19.1. The Kier molecular flexibility index (Phi) is 11.1. The van der Waals surface area contributed by atoms with E-state index in [0.29, 0.717) is 31.8 Å². The minimum absolute atomic E-state index is 0.0319. The second-order valence-electron chi connectivity index (χ2n) is 11.5. The van der Waals surface area contributed by atoms with Crippen LogP contribution in [0.3, 0.4) is 0 Å². The molecule has 0 radical (unpaired) electrons. The lowest BCUT2D eigenvalue weighted by atomic mass is 9.74. The van der Waals surface area contributed by atoms with Gasteiger partial charge in [0.15, 0.2) is 0 Å². The third-order valence-electron chi connectivity index (χ3n) is 8.15. The lowest BCUT2D eigenvalue weighted by molar-refractivity contribution is -0.124. The highest BCUT2D eigenvalue weighted by Gasteiger charge is 2.36. The summed E-state index contributed by atoms with van der Waals surface area (Å²) < 4.78 is 25.7. The standard InChI is InChI=1S/C32H41FN4O6/c1-21(2)26-19-43-27-9-4-3-8-24(27)30(40)37-25(10-11-28(38)34-15-12-29(39)36-26)31(41)35-20-32(13-16-42-17-14-32)22-6-5-7-23(33)18-22/h3-9,18,21,25-26H,10-17,19-20H2,1-2H3,(H,34,38)(H,35,41)(H,36,39)(H,37,40)/t25-,26-/m0/s1. The van der Waals surface area contributed by atoms with Crippen LogP contribution in [-0.2, 0) is 24.5 Å². The summed E-state index contributed by atoms with van der Waals surface area (Å²) in [5, 5.41) is 11.4. The van der Waals surface area contributed by atoms with Crippen LogP contribution in [0.1, 0.15) is 61.9 Å². The van der Waals surface area contributed by atoms with E-state index in [1.165, 1.54) is 12.1 Å². The lowest BCUT2D eigenvalue weighted by Crippen LogP contribution is -2.51. The Morgan fingerprint density at radius 2 is 1.79 bits per heavy atom. The lowest BCUT2D eigenvalue weighted by Gasteiger charge is -2.38. The van der Waals surface area contributed by atoms with E-state index in [2.05, 4.69) is 21.3 Å². The first-order valence-electron chi connectivity index (χ1n) is 14.9. The predicted octanol–water partition coefficient (Wildman–Crippen LogP) is 2.61. The predicted molar refractivity (Wildman–Crippen MR) is 158 cm³/mol. The summed E-state index contributed by atoms with van der Waals surface area (Å²) in [5.41, 5.74) is 0.461. The van der Waals surface area contributed by atoms with Gasteiger partial charge in [-0.15, -0.1) is 0 Å². The fourth-order valence-electron chi connectivity index (χ4n) is 5.35. The Labute approximate surface area is 251 Å². The van der Waals surface area contributed by atoms with Crippen LogP contribution in [0, 0.1) is 11.7 Å². The molecule has 4 N–H and O–H groups in total. The molecule has 4 rings (SSSR count). The molecule has 2 atom stereocenters. The van der Waals surface area contributed by atoms with Crippen molar-refractivity contribution in [3.63, 3.8) is 0 Å². The maximum atomic E-state index is 14.1. The second-order valence-corrected chi connectivity index (χ2v) is 11.5. The van der Waals surface area contributed by atoms with E-state index in [0.717, 1.165) is 5.56 Å². The molecule has 1 saturated heterocycles. The number of carbonyl (C=O) groups excluding carboxylic acids is 4. The maximum absolute atomic E-state index is 14.1. The van der Waals surface area contributed by atoms with E-state index in [1.54, 1.807) is 30.3 Å². The van der Waals surface area contributed by atoms with Crippen molar-refractivity contribution in [3.8, 4) is 5.75 Å². The van der Waals surface area contributed by atoms with Crippen molar-refractivity contribution < 1.29 is 33.0 Å². The van der Waals surface area contributed by atoms with Crippen molar-refractivity contribution in [2.24, 2.45) is 5.92 Å². The zero-order valence-electron chi connectivity index (χ0n) is 24.7. The van der Waals surface area contributed by atoms with Gasteiger partial charge in [-0.2, -0.15) is 0 Å². The number of benzene rings is 2. The van der Waals surface area contributed by atoms with Gasteiger partial charge in [0.1, 0.15) is 24.2 Å². The first kappa shape index (κ1) is 31.9. The Balaban J connectivity index is 1.55. The molecular weight excluding hydrogens is 555 g/mol. The Bertz CT molecular complexity index is 1300. The van der Waals surface area contributed by atoms with E-state index < -0.39 is 23.3 Å². The van der Waals surface area contributed by atoms with Gasteiger partial charge in [-0.05, 0) is 55.0 Å². The second kappa shape index (κ2) is 15.0. The molecule has 0 saturated carbocycles. The molecule has 0 bridgehead atoms. The van der Waals surface area contributed by atoms with Crippen LogP contribution < -0.4 is 26.0 Å². The molecule has 1 fully saturated rings. The quantitative estimate of drug-likeness (QED) is 0.419. The van der Waals surface area contributed by atoms with Crippen LogP contribution in [0.25, 0.3) is 0 Å². The molecule has 232 valence electrons. The fraction of sp³-hybridized carbons (Fsp3) is 0.500. The van der Waals surface area contributed by atoms with Crippen molar-refractivity contribution >= 4 is 23.6 Å². The van der Waals surface area contributed by atoms with E-state index >= 15 is 0 Å². The molecule has 43 heavy (non-hydrogen) atoms. The molecule has 2 aliphatic rings. The van der Waals surface area contributed by atoms with E-state index in [4.69, 9.17) is 9.47 Å². The molecule has 10 nitrogen and oxygen atoms in total. The number of hydrogen-bond donors (Lipinski definition) is 4. The Morgan fingerprint density at radius 3 is 2.53 bits per heavy atom. The van der Waals surface area contributed by atoms with Crippen LogP contribution in [0.2, 0.25) is 0 Å². The topological polar surface area (TPSA) is 135 Å². The third-order valence-corrected chi connectivity index (χ3v) is 8.15. The first-order valence-corrected chi connectivity index (χ1v) is 14.9. The largest absolute Gasteiger partial charge is 0.491 e. The summed E-state index contributed by atoms with van der Waals surface area (Å²) in [6, 6.07) is 11.7. The van der Waals surface area contributed by atoms with E-state index in [1.807, 2.05) is 19.9 Å². The van der Waals surface area contributed by atoms with Crippen molar-refractivity contribution in [1.29, 1.82) is 0 Å². The Hall–Kier alpha value is -3.99. The van der Waals surface area contributed by atoms with Crippen LogP contribution in [0.5, 0.6) is 5.75 Å². The highest BCUT2D eigenvalue weighted by molar-refractivity contribution is 5.99. The summed E-state index contributed by atoms with van der Waals surface area (Å²) in [6.45, 7) is 5.33. The van der Waals surface area contributed by atoms with Crippen molar-refractivity contribution in [2.45, 2.75) is 63.5 Å². The number of ether oxygens (including phenoxy) is 2. The van der Waals surface area contributed by atoms with E-state index in [-0.39, 0.29) is 74.1 Å². The summed E-state index contributed by atoms with van der Waals surface area (Å²) >= 11 is 0. The third kappa shape index (κ3) is 8.76. The molecule has 4 amide bonds. The van der Waals surface area contributed by atoms with Gasteiger partial charge in [-0.3, -0.25) is 19.2 Å². The molecule has 0 spiro atoms. The van der Waals surface area contributed by atoms with Gasteiger partial charge >= 0.3 is 0 Å². The number of amides is 4.